The molecule has 0 amide bonds. The smallest absolute Gasteiger partial charge is 0.164 e. The Kier molecular flexibility index (Phi) is 3.09. The van der Waals surface area contributed by atoms with Crippen molar-refractivity contribution in [2.45, 2.75) is 25.7 Å². The molecule has 1 aliphatic carbocycles. The second-order valence-electron chi connectivity index (χ2n) is 5.49. The average Bonchev–Trinajstić information content (AvgIpc) is 3.00. The number of methoxy groups -OCH3 is 3. The number of hydrogen-bond acceptors (Lipinski definition) is 4. The van der Waals surface area contributed by atoms with E-state index in [1.807, 2.05) is 6.07 Å². The van der Waals surface area contributed by atoms with Crippen molar-refractivity contribution >= 4 is 0 Å². The van der Waals surface area contributed by atoms with Gasteiger partial charge in [-0.05, 0) is 17.9 Å². The lowest BCUT2D eigenvalue weighted by Crippen LogP contribution is -2.13. The second-order valence-corrected chi connectivity index (χ2v) is 5.49. The molecule has 1 saturated carbocycles. The van der Waals surface area contributed by atoms with Crippen LogP contribution in [-0.2, 0) is 5.41 Å². The number of benzene rings is 1. The van der Waals surface area contributed by atoms with Crippen LogP contribution in [0, 0.1) is 16.7 Å². The Hall–Kier alpha value is -1.89. The van der Waals surface area contributed by atoms with Gasteiger partial charge in [0.05, 0.1) is 32.8 Å². The summed E-state index contributed by atoms with van der Waals surface area (Å²) in [6, 6.07) is 6.08. The van der Waals surface area contributed by atoms with E-state index in [1.165, 1.54) is 0 Å². The quantitative estimate of drug-likeness (QED) is 0.836. The van der Waals surface area contributed by atoms with Gasteiger partial charge in [0.2, 0.25) is 0 Å². The van der Waals surface area contributed by atoms with E-state index in [9.17, 15) is 5.26 Å². The lowest BCUT2D eigenvalue weighted by molar-refractivity contribution is 0.346. The Balaban J connectivity index is 2.61. The number of ether oxygens (including phenoxy) is 3. The normalized spacial score (nSPS) is 23.4. The van der Waals surface area contributed by atoms with Crippen LogP contribution in [0.4, 0.5) is 0 Å². The molecule has 0 saturated heterocycles. The fraction of sp³-hybridized carbons (Fsp3) is 0.533. The van der Waals surface area contributed by atoms with E-state index in [4.69, 9.17) is 14.2 Å². The predicted molar refractivity (Wildman–Crippen MR) is 71.8 cm³/mol. The summed E-state index contributed by atoms with van der Waals surface area (Å²) in [5.74, 6) is 1.90. The molecule has 4 heteroatoms. The van der Waals surface area contributed by atoms with Gasteiger partial charge >= 0.3 is 0 Å². The summed E-state index contributed by atoms with van der Waals surface area (Å²) in [5, 5.41) is 9.58. The first-order valence-corrected chi connectivity index (χ1v) is 6.17. The van der Waals surface area contributed by atoms with Crippen LogP contribution in [0.1, 0.15) is 25.8 Å². The molecule has 4 nitrogen and oxygen atoms in total. The molecule has 0 radical (unpaired) electrons. The minimum absolute atomic E-state index is 0.0470. The molecule has 0 N–H and O–H groups in total. The highest BCUT2D eigenvalue weighted by Gasteiger charge is 2.64. The molecule has 0 aliphatic heterocycles. The van der Waals surface area contributed by atoms with Gasteiger partial charge < -0.3 is 14.2 Å². The third-order valence-corrected chi connectivity index (χ3v) is 4.09. The van der Waals surface area contributed by atoms with Crippen molar-refractivity contribution in [3.05, 3.63) is 17.7 Å². The zero-order valence-corrected chi connectivity index (χ0v) is 12.0. The topological polar surface area (TPSA) is 51.5 Å². The van der Waals surface area contributed by atoms with Crippen LogP contribution in [-0.4, -0.2) is 21.3 Å². The number of nitrogens with zero attached hydrogens (tertiary/aromatic N) is 1. The molecular formula is C15H19NO3. The molecule has 1 fully saturated rings. The lowest BCUT2D eigenvalue weighted by Gasteiger charge is -2.19. The van der Waals surface area contributed by atoms with Gasteiger partial charge in [-0.3, -0.25) is 0 Å². The molecule has 102 valence electrons. The van der Waals surface area contributed by atoms with Gasteiger partial charge in [0.25, 0.3) is 0 Å². The summed E-state index contributed by atoms with van der Waals surface area (Å²) in [6.45, 7) is 4.18. The fourth-order valence-corrected chi connectivity index (χ4v) is 2.69. The monoisotopic (exact) mass is 261 g/mol. The third-order valence-electron chi connectivity index (χ3n) is 4.09. The Labute approximate surface area is 113 Å². The molecule has 0 aromatic heterocycles. The highest BCUT2D eigenvalue weighted by atomic mass is 16.5. The first kappa shape index (κ1) is 13.5. The standard InChI is InChI=1S/C15H19NO3/c1-14(2)8-15(14,9-16)10-6-12(18-4)13(19-5)7-11(10)17-3/h6-7H,8H2,1-5H3. The van der Waals surface area contributed by atoms with E-state index >= 15 is 0 Å². The van der Waals surface area contributed by atoms with Crippen LogP contribution in [0.15, 0.2) is 12.1 Å². The van der Waals surface area contributed by atoms with Crippen molar-refractivity contribution in [1.82, 2.24) is 0 Å². The highest BCUT2D eigenvalue weighted by molar-refractivity contribution is 5.59. The number of rotatable bonds is 4. The summed E-state index contributed by atoms with van der Waals surface area (Å²) >= 11 is 0. The molecular weight excluding hydrogens is 242 g/mol. The first-order valence-electron chi connectivity index (χ1n) is 6.17. The Bertz CT molecular complexity index is 545. The predicted octanol–water partition coefficient (Wildman–Crippen LogP) is 2.90. The van der Waals surface area contributed by atoms with Crippen LogP contribution in [0.5, 0.6) is 17.2 Å². The van der Waals surface area contributed by atoms with E-state index in [-0.39, 0.29) is 5.41 Å². The van der Waals surface area contributed by atoms with Crippen molar-refractivity contribution < 1.29 is 14.2 Å². The summed E-state index contributed by atoms with van der Waals surface area (Å²) in [6.07, 6.45) is 0.822. The van der Waals surface area contributed by atoms with Gasteiger partial charge in [-0.2, -0.15) is 5.26 Å². The molecule has 2 rings (SSSR count). The van der Waals surface area contributed by atoms with Crippen molar-refractivity contribution in [2.75, 3.05) is 21.3 Å². The Morgan fingerprint density at radius 2 is 1.47 bits per heavy atom. The van der Waals surface area contributed by atoms with Gasteiger partial charge in [0.15, 0.2) is 11.5 Å². The van der Waals surface area contributed by atoms with Crippen LogP contribution in [0.2, 0.25) is 0 Å². The van der Waals surface area contributed by atoms with Gasteiger partial charge in [-0.1, -0.05) is 13.8 Å². The summed E-state index contributed by atoms with van der Waals surface area (Å²) in [5.41, 5.74) is 0.326. The average molecular weight is 261 g/mol. The molecule has 0 bridgehead atoms. The molecule has 1 atom stereocenters. The van der Waals surface area contributed by atoms with E-state index in [0.29, 0.717) is 17.2 Å². The maximum atomic E-state index is 9.58. The Morgan fingerprint density at radius 1 is 1.00 bits per heavy atom. The van der Waals surface area contributed by atoms with E-state index in [0.717, 1.165) is 12.0 Å². The molecule has 1 aromatic carbocycles. The lowest BCUT2D eigenvalue weighted by atomic mass is 9.88. The van der Waals surface area contributed by atoms with Crippen molar-refractivity contribution in [3.8, 4) is 23.3 Å². The fourth-order valence-electron chi connectivity index (χ4n) is 2.69. The van der Waals surface area contributed by atoms with Gasteiger partial charge in [-0.15, -0.1) is 0 Å². The minimum Gasteiger partial charge on any atom is -0.496 e. The zero-order valence-electron chi connectivity index (χ0n) is 12.0. The molecule has 1 unspecified atom stereocenters. The molecule has 0 heterocycles. The largest absolute Gasteiger partial charge is 0.496 e. The summed E-state index contributed by atoms with van der Waals surface area (Å²) in [4.78, 5) is 0. The van der Waals surface area contributed by atoms with E-state index < -0.39 is 5.41 Å². The van der Waals surface area contributed by atoms with E-state index in [1.54, 1.807) is 27.4 Å². The van der Waals surface area contributed by atoms with Gasteiger partial charge in [0.1, 0.15) is 5.75 Å². The maximum Gasteiger partial charge on any atom is 0.164 e. The molecule has 1 aromatic rings. The van der Waals surface area contributed by atoms with Crippen LogP contribution >= 0.6 is 0 Å². The van der Waals surface area contributed by atoms with Gasteiger partial charge in [-0.25, -0.2) is 0 Å². The number of nitriles is 1. The van der Waals surface area contributed by atoms with Crippen LogP contribution in [0.3, 0.4) is 0 Å². The number of hydrogen-bond donors (Lipinski definition) is 0. The maximum absolute atomic E-state index is 9.58. The SMILES string of the molecule is COc1cc(OC)c(C2(C#N)CC2(C)C)cc1OC. The summed E-state index contributed by atoms with van der Waals surface area (Å²) < 4.78 is 16.0. The highest BCUT2D eigenvalue weighted by Crippen LogP contribution is 2.66. The Morgan fingerprint density at radius 3 is 1.84 bits per heavy atom. The third kappa shape index (κ3) is 1.81. The van der Waals surface area contributed by atoms with Crippen molar-refractivity contribution in [2.24, 2.45) is 5.41 Å². The molecule has 19 heavy (non-hydrogen) atoms. The van der Waals surface area contributed by atoms with Gasteiger partial charge in [0, 0.05) is 11.6 Å². The van der Waals surface area contributed by atoms with Crippen LogP contribution in [0.25, 0.3) is 0 Å². The summed E-state index contributed by atoms with van der Waals surface area (Å²) in [7, 11) is 4.77. The first-order chi connectivity index (χ1) is 8.95. The minimum atomic E-state index is -0.502. The van der Waals surface area contributed by atoms with E-state index in [2.05, 4.69) is 19.9 Å². The molecule has 1 aliphatic rings. The van der Waals surface area contributed by atoms with Crippen molar-refractivity contribution in [3.63, 3.8) is 0 Å². The molecule has 0 spiro atoms. The van der Waals surface area contributed by atoms with Crippen LogP contribution < -0.4 is 14.2 Å². The zero-order chi connectivity index (χ0) is 14.3. The van der Waals surface area contributed by atoms with Crippen molar-refractivity contribution in [1.29, 1.82) is 5.26 Å². The second kappa shape index (κ2) is 4.34.